The fourth-order valence-corrected chi connectivity index (χ4v) is 2.80. The van der Waals surface area contributed by atoms with Gasteiger partial charge in [0.1, 0.15) is 0 Å². The molecule has 1 N–H and O–H groups in total. The third kappa shape index (κ3) is 4.62. The summed E-state index contributed by atoms with van der Waals surface area (Å²) in [6.45, 7) is 2.18. The van der Waals surface area contributed by atoms with Crippen molar-refractivity contribution in [2.45, 2.75) is 26.3 Å². The van der Waals surface area contributed by atoms with Crippen molar-refractivity contribution in [3.8, 4) is 11.4 Å². The van der Waals surface area contributed by atoms with E-state index >= 15 is 0 Å². The average Bonchev–Trinajstić information content (AvgIpc) is 3.10. The molecule has 134 valence electrons. The Bertz CT molecular complexity index is 925. The summed E-state index contributed by atoms with van der Waals surface area (Å²) in [5, 5.41) is 7.74. The van der Waals surface area contributed by atoms with Gasteiger partial charge in [0.05, 0.1) is 16.6 Å². The van der Waals surface area contributed by atoms with Crippen molar-refractivity contribution in [1.82, 2.24) is 15.5 Å². The number of aromatic nitrogens is 2. The number of benzene rings is 2. The first-order valence-electron chi connectivity index (χ1n) is 8.12. The molecule has 0 spiro atoms. The normalized spacial score (nSPS) is 10.7. The number of aryl methyl sites for hydroxylation is 2. The molecule has 0 bridgehead atoms. The van der Waals surface area contributed by atoms with Crippen molar-refractivity contribution in [2.24, 2.45) is 0 Å². The number of rotatable bonds is 6. The molecule has 1 aromatic heterocycles. The molecule has 0 atom stereocenters. The molecule has 1 heterocycles. The first kappa shape index (κ1) is 18.4. The Balaban J connectivity index is 1.52. The largest absolute Gasteiger partial charge is 0.347 e. The smallest absolute Gasteiger partial charge is 0.246 e. The molecule has 3 rings (SSSR count). The van der Waals surface area contributed by atoms with Crippen molar-refractivity contribution in [3.63, 3.8) is 0 Å². The summed E-state index contributed by atoms with van der Waals surface area (Å²) in [4.78, 5) is 16.3. The van der Waals surface area contributed by atoms with Crippen molar-refractivity contribution in [1.29, 1.82) is 0 Å². The van der Waals surface area contributed by atoms with Gasteiger partial charge in [-0.15, -0.1) is 0 Å². The van der Waals surface area contributed by atoms with Gasteiger partial charge in [0, 0.05) is 12.0 Å². The van der Waals surface area contributed by atoms with Crippen LogP contribution >= 0.6 is 23.2 Å². The summed E-state index contributed by atoms with van der Waals surface area (Å²) in [5.74, 6) is 0.779. The highest BCUT2D eigenvalue weighted by atomic mass is 35.5. The van der Waals surface area contributed by atoms with E-state index in [2.05, 4.69) is 15.5 Å². The van der Waals surface area contributed by atoms with Gasteiger partial charge in [-0.1, -0.05) is 58.7 Å². The summed E-state index contributed by atoms with van der Waals surface area (Å²) in [7, 11) is 0. The van der Waals surface area contributed by atoms with Crippen LogP contribution in [0.1, 0.15) is 23.4 Å². The van der Waals surface area contributed by atoms with Crippen LogP contribution in [0.25, 0.3) is 11.4 Å². The van der Waals surface area contributed by atoms with Crippen LogP contribution in [0.5, 0.6) is 0 Å². The first-order valence-corrected chi connectivity index (χ1v) is 8.88. The van der Waals surface area contributed by atoms with E-state index in [4.69, 9.17) is 27.7 Å². The Morgan fingerprint density at radius 3 is 2.73 bits per heavy atom. The van der Waals surface area contributed by atoms with Crippen LogP contribution in [0, 0.1) is 6.92 Å². The summed E-state index contributed by atoms with van der Waals surface area (Å²) in [6, 6.07) is 13.1. The fraction of sp³-hybridized carbons (Fsp3) is 0.211. The van der Waals surface area contributed by atoms with Gasteiger partial charge in [0.25, 0.3) is 0 Å². The predicted molar refractivity (Wildman–Crippen MR) is 101 cm³/mol. The monoisotopic (exact) mass is 389 g/mol. The van der Waals surface area contributed by atoms with Crippen LogP contribution in [-0.2, 0) is 17.8 Å². The van der Waals surface area contributed by atoms with Crippen molar-refractivity contribution < 1.29 is 9.32 Å². The molecule has 26 heavy (non-hydrogen) atoms. The van der Waals surface area contributed by atoms with Crippen LogP contribution in [0.15, 0.2) is 47.0 Å². The van der Waals surface area contributed by atoms with E-state index in [1.165, 1.54) is 0 Å². The Morgan fingerprint density at radius 1 is 1.15 bits per heavy atom. The van der Waals surface area contributed by atoms with Gasteiger partial charge < -0.3 is 9.84 Å². The number of halogens is 2. The molecule has 0 saturated carbocycles. The number of carbonyl (C=O) groups excluding carboxylic acids is 1. The molecule has 1 amide bonds. The molecule has 0 radical (unpaired) electrons. The van der Waals surface area contributed by atoms with E-state index < -0.39 is 0 Å². The molecule has 0 aliphatic heterocycles. The minimum Gasteiger partial charge on any atom is -0.347 e. The van der Waals surface area contributed by atoms with Crippen LogP contribution in [0.4, 0.5) is 0 Å². The summed E-state index contributed by atoms with van der Waals surface area (Å²) < 4.78 is 5.21. The fourth-order valence-electron chi connectivity index (χ4n) is 2.48. The molecule has 7 heteroatoms. The van der Waals surface area contributed by atoms with Crippen molar-refractivity contribution >= 4 is 29.1 Å². The minimum atomic E-state index is -0.105. The van der Waals surface area contributed by atoms with Crippen molar-refractivity contribution in [2.75, 3.05) is 0 Å². The molecule has 0 aliphatic rings. The topological polar surface area (TPSA) is 68.0 Å². The second-order valence-electron chi connectivity index (χ2n) is 5.85. The standard InChI is InChI=1S/C19H17Cl2N3O2/c1-12-4-2-3-5-14(12)19-23-18(26-24-19)11-22-17(25)9-7-13-6-8-15(20)16(21)10-13/h2-6,8,10H,7,9,11H2,1H3,(H,22,25). The molecule has 3 aromatic rings. The van der Waals surface area contributed by atoms with Gasteiger partial charge in [-0.2, -0.15) is 4.98 Å². The number of amides is 1. The lowest BCUT2D eigenvalue weighted by molar-refractivity contribution is -0.121. The highest BCUT2D eigenvalue weighted by Crippen LogP contribution is 2.23. The van der Waals surface area contributed by atoms with Gasteiger partial charge in [-0.3, -0.25) is 4.79 Å². The lowest BCUT2D eigenvalue weighted by Crippen LogP contribution is -2.23. The SMILES string of the molecule is Cc1ccccc1-c1noc(CNC(=O)CCc2ccc(Cl)c(Cl)c2)n1. The number of nitrogens with zero attached hydrogens (tertiary/aromatic N) is 2. The van der Waals surface area contributed by atoms with E-state index in [-0.39, 0.29) is 12.5 Å². The van der Waals surface area contributed by atoms with Crippen molar-refractivity contribution in [3.05, 3.63) is 69.5 Å². The quantitative estimate of drug-likeness (QED) is 0.668. The zero-order valence-electron chi connectivity index (χ0n) is 14.1. The molecule has 0 unspecified atom stereocenters. The molecule has 0 fully saturated rings. The lowest BCUT2D eigenvalue weighted by atomic mass is 10.1. The second-order valence-corrected chi connectivity index (χ2v) is 6.67. The lowest BCUT2D eigenvalue weighted by Gasteiger charge is -2.04. The Morgan fingerprint density at radius 2 is 1.96 bits per heavy atom. The highest BCUT2D eigenvalue weighted by Gasteiger charge is 2.11. The van der Waals surface area contributed by atoms with Gasteiger partial charge >= 0.3 is 0 Å². The van der Waals surface area contributed by atoms with Gasteiger partial charge in [0.15, 0.2) is 0 Å². The maximum absolute atomic E-state index is 12.0. The van der Waals surface area contributed by atoms with Crippen LogP contribution in [0.3, 0.4) is 0 Å². The average molecular weight is 390 g/mol. The molecule has 0 saturated heterocycles. The van der Waals surface area contributed by atoms with Gasteiger partial charge in [0.2, 0.25) is 17.6 Å². The summed E-state index contributed by atoms with van der Waals surface area (Å²) >= 11 is 11.9. The van der Waals surface area contributed by atoms with E-state index in [9.17, 15) is 4.79 Å². The highest BCUT2D eigenvalue weighted by molar-refractivity contribution is 6.42. The van der Waals surface area contributed by atoms with Gasteiger partial charge in [-0.05, 0) is 36.6 Å². The van der Waals surface area contributed by atoms with E-state index in [0.29, 0.717) is 34.6 Å². The zero-order chi connectivity index (χ0) is 18.5. The molecule has 2 aromatic carbocycles. The zero-order valence-corrected chi connectivity index (χ0v) is 15.6. The number of nitrogens with one attached hydrogen (secondary N) is 1. The molecule has 5 nitrogen and oxygen atoms in total. The molecule has 0 aliphatic carbocycles. The van der Waals surface area contributed by atoms with Gasteiger partial charge in [-0.25, -0.2) is 0 Å². The molecular formula is C19H17Cl2N3O2. The number of hydrogen-bond acceptors (Lipinski definition) is 4. The predicted octanol–water partition coefficient (Wildman–Crippen LogP) is 4.60. The third-order valence-electron chi connectivity index (χ3n) is 3.92. The third-order valence-corrected chi connectivity index (χ3v) is 4.65. The minimum absolute atomic E-state index is 0.105. The second kappa shape index (κ2) is 8.34. The number of carbonyl (C=O) groups is 1. The maximum atomic E-state index is 12.0. The first-order chi connectivity index (χ1) is 12.5. The Labute approximate surface area is 161 Å². The number of hydrogen-bond donors (Lipinski definition) is 1. The Hall–Kier alpha value is -2.37. The summed E-state index contributed by atoms with van der Waals surface area (Å²) in [6.07, 6.45) is 0.901. The van der Waals surface area contributed by atoms with Crippen LogP contribution in [0.2, 0.25) is 10.0 Å². The van der Waals surface area contributed by atoms with E-state index in [1.54, 1.807) is 12.1 Å². The van der Waals surface area contributed by atoms with E-state index in [0.717, 1.165) is 16.7 Å². The van der Waals surface area contributed by atoms with E-state index in [1.807, 2.05) is 37.3 Å². The van der Waals surface area contributed by atoms with Crippen LogP contribution < -0.4 is 5.32 Å². The Kier molecular flexibility index (Phi) is 5.91. The molecular weight excluding hydrogens is 373 g/mol. The maximum Gasteiger partial charge on any atom is 0.246 e. The summed E-state index contributed by atoms with van der Waals surface area (Å²) in [5.41, 5.74) is 2.92. The van der Waals surface area contributed by atoms with Crippen LogP contribution in [-0.4, -0.2) is 16.0 Å².